The lowest BCUT2D eigenvalue weighted by Crippen LogP contribution is -2.43. The third kappa shape index (κ3) is 5.94. The molecule has 0 fully saturated rings. The van der Waals surface area contributed by atoms with Crippen LogP contribution >= 0.6 is 0 Å². The second-order valence-electron chi connectivity index (χ2n) is 2.92. The van der Waals surface area contributed by atoms with E-state index in [0.29, 0.717) is 0 Å². The molecule has 0 bridgehead atoms. The fourth-order valence-corrected chi connectivity index (χ4v) is 0.562. The zero-order chi connectivity index (χ0) is 14.1. The summed E-state index contributed by atoms with van der Waals surface area (Å²) in [5.41, 5.74) is 0. The van der Waals surface area contributed by atoms with E-state index in [1.807, 2.05) is 0 Å². The van der Waals surface area contributed by atoms with E-state index in [-0.39, 0.29) is 0 Å². The van der Waals surface area contributed by atoms with Crippen molar-refractivity contribution in [2.24, 2.45) is 0 Å². The molecule has 0 heterocycles. The summed E-state index contributed by atoms with van der Waals surface area (Å²) in [6.45, 7) is -2.89. The van der Waals surface area contributed by atoms with Crippen molar-refractivity contribution < 1.29 is 48.6 Å². The lowest BCUT2D eigenvalue weighted by Gasteiger charge is -2.23. The molecule has 0 aromatic rings. The molecule has 0 spiro atoms. The lowest BCUT2D eigenvalue weighted by atomic mass is 10.3. The summed E-state index contributed by atoms with van der Waals surface area (Å²) >= 11 is 0. The van der Waals surface area contributed by atoms with Crippen LogP contribution in [0.5, 0.6) is 0 Å². The van der Waals surface area contributed by atoms with Crippen LogP contribution in [0.1, 0.15) is 6.42 Å². The predicted octanol–water partition coefficient (Wildman–Crippen LogP) is 3.75. The topological polar surface area (TPSA) is 9.23 Å². The Kier molecular flexibility index (Phi) is 4.30. The first kappa shape index (κ1) is 16.3. The maximum absolute atomic E-state index is 12.2. The van der Waals surface area contributed by atoms with Crippen molar-refractivity contribution in [1.29, 1.82) is 0 Å². The first-order valence-electron chi connectivity index (χ1n) is 3.69. The third-order valence-corrected chi connectivity index (χ3v) is 1.29. The molecule has 0 aliphatic carbocycles. The fourth-order valence-electron chi connectivity index (χ4n) is 0.562. The van der Waals surface area contributed by atoms with E-state index in [1.165, 1.54) is 0 Å². The van der Waals surface area contributed by atoms with Gasteiger partial charge in [0, 0.05) is 0 Å². The van der Waals surface area contributed by atoms with Crippen LogP contribution in [0.2, 0.25) is 0 Å². The minimum atomic E-state index is -6.18. The summed E-state index contributed by atoms with van der Waals surface area (Å²) < 4.78 is 120. The molecule has 0 saturated carbocycles. The van der Waals surface area contributed by atoms with Gasteiger partial charge in [-0.3, -0.25) is 0 Å². The summed E-state index contributed by atoms with van der Waals surface area (Å²) in [5, 5.41) is 0. The molecule has 0 aliphatic heterocycles. The monoisotopic (exact) mass is 282 g/mol. The second kappa shape index (κ2) is 4.50. The van der Waals surface area contributed by atoms with Gasteiger partial charge in [-0.05, 0) is 0 Å². The smallest absolute Gasteiger partial charge is 0.313 e. The van der Waals surface area contributed by atoms with Gasteiger partial charge in [0.2, 0.25) is 0 Å². The van der Waals surface area contributed by atoms with Crippen LogP contribution in [-0.4, -0.2) is 31.0 Å². The molecule has 0 unspecified atom stereocenters. The van der Waals surface area contributed by atoms with Crippen molar-refractivity contribution in [1.82, 2.24) is 0 Å². The van der Waals surface area contributed by atoms with Crippen molar-refractivity contribution in [3.05, 3.63) is 0 Å². The Hall–Kier alpha value is -0.740. The number of hydrogen-bond donors (Lipinski definition) is 0. The maximum Gasteiger partial charge on any atom is 0.455 e. The van der Waals surface area contributed by atoms with Gasteiger partial charge in [-0.15, -0.1) is 0 Å². The highest BCUT2D eigenvalue weighted by Crippen LogP contribution is 2.38. The van der Waals surface area contributed by atoms with Gasteiger partial charge in [-0.25, -0.2) is 0 Å². The average Bonchev–Trinajstić information content (AvgIpc) is 1.94. The van der Waals surface area contributed by atoms with E-state index in [2.05, 4.69) is 4.74 Å². The van der Waals surface area contributed by atoms with E-state index >= 15 is 0 Å². The lowest BCUT2D eigenvalue weighted by molar-refractivity contribution is -0.347. The molecule has 0 N–H and O–H groups in total. The Labute approximate surface area is 87.3 Å². The zero-order valence-electron chi connectivity index (χ0n) is 7.60. The molecule has 0 rings (SSSR count). The third-order valence-electron chi connectivity index (χ3n) is 1.29. The van der Waals surface area contributed by atoms with Crippen LogP contribution < -0.4 is 0 Å². The number of halogens is 10. The van der Waals surface area contributed by atoms with E-state index in [0.717, 1.165) is 0 Å². The van der Waals surface area contributed by atoms with Crippen LogP contribution in [0.3, 0.4) is 0 Å². The molecule has 0 atom stereocenters. The standard InChI is InChI=1S/C6H4F10O/c7-3(8,6(14,15)16)2-17-5(12,13)1-4(9,10)11/h1-2H2. The van der Waals surface area contributed by atoms with Gasteiger partial charge in [0.15, 0.2) is 0 Å². The molecule has 0 aromatic carbocycles. The molecule has 11 heteroatoms. The normalized spacial score (nSPS) is 15.2. The minimum absolute atomic E-state index is 2.67. The van der Waals surface area contributed by atoms with Gasteiger partial charge in [-0.1, -0.05) is 0 Å². The van der Waals surface area contributed by atoms with Gasteiger partial charge < -0.3 is 4.74 Å². The van der Waals surface area contributed by atoms with Crippen molar-refractivity contribution in [2.75, 3.05) is 6.61 Å². The molecule has 17 heavy (non-hydrogen) atoms. The number of ether oxygens (including phenoxy) is 1. The Morgan fingerprint density at radius 1 is 0.706 bits per heavy atom. The van der Waals surface area contributed by atoms with Crippen LogP contribution in [0.4, 0.5) is 43.9 Å². The van der Waals surface area contributed by atoms with Crippen LogP contribution in [0.25, 0.3) is 0 Å². The fraction of sp³-hybridized carbons (Fsp3) is 1.00. The van der Waals surface area contributed by atoms with E-state index in [4.69, 9.17) is 0 Å². The van der Waals surface area contributed by atoms with Gasteiger partial charge in [0.1, 0.15) is 13.0 Å². The van der Waals surface area contributed by atoms with Crippen LogP contribution in [0.15, 0.2) is 0 Å². The van der Waals surface area contributed by atoms with Crippen molar-refractivity contribution in [3.63, 3.8) is 0 Å². The van der Waals surface area contributed by atoms with Crippen LogP contribution in [-0.2, 0) is 4.74 Å². The molecule has 0 aliphatic rings. The molecule has 0 aromatic heterocycles. The maximum atomic E-state index is 12.2. The van der Waals surface area contributed by atoms with Crippen molar-refractivity contribution in [3.8, 4) is 0 Å². The van der Waals surface area contributed by atoms with E-state index < -0.39 is 37.4 Å². The summed E-state index contributed by atoms with van der Waals surface area (Å²) in [7, 11) is 0. The zero-order valence-corrected chi connectivity index (χ0v) is 7.60. The van der Waals surface area contributed by atoms with Crippen LogP contribution in [0, 0.1) is 0 Å². The van der Waals surface area contributed by atoms with E-state index in [1.54, 1.807) is 0 Å². The number of alkyl halides is 10. The molecule has 1 nitrogen and oxygen atoms in total. The summed E-state index contributed by atoms with van der Waals surface area (Å²) in [6, 6.07) is 0. The van der Waals surface area contributed by atoms with Gasteiger partial charge in [0.05, 0.1) is 0 Å². The van der Waals surface area contributed by atoms with Gasteiger partial charge in [-0.2, -0.15) is 43.9 Å². The first-order valence-corrected chi connectivity index (χ1v) is 3.69. The highest BCUT2D eigenvalue weighted by atomic mass is 19.4. The average molecular weight is 282 g/mol. The Morgan fingerprint density at radius 3 is 1.41 bits per heavy atom. The molecule has 0 saturated heterocycles. The largest absolute Gasteiger partial charge is 0.455 e. The summed E-state index contributed by atoms with van der Waals surface area (Å²) in [5.74, 6) is -5.65. The van der Waals surface area contributed by atoms with Gasteiger partial charge >= 0.3 is 24.4 Å². The number of rotatable bonds is 4. The van der Waals surface area contributed by atoms with Crippen molar-refractivity contribution >= 4 is 0 Å². The Morgan fingerprint density at radius 2 is 1.12 bits per heavy atom. The molecular weight excluding hydrogens is 278 g/mol. The molecular formula is C6H4F10O. The highest BCUT2D eigenvalue weighted by molar-refractivity contribution is 4.76. The quantitative estimate of drug-likeness (QED) is 0.714. The summed E-state index contributed by atoms with van der Waals surface area (Å²) in [4.78, 5) is 0. The SMILES string of the molecule is FC(F)(F)CC(F)(F)OCC(F)(F)C(F)(F)F. The summed E-state index contributed by atoms with van der Waals surface area (Å²) in [6.07, 6.45) is -19.7. The molecule has 0 radical (unpaired) electrons. The number of hydrogen-bond acceptors (Lipinski definition) is 1. The van der Waals surface area contributed by atoms with E-state index in [9.17, 15) is 43.9 Å². The predicted molar refractivity (Wildman–Crippen MR) is 32.6 cm³/mol. The molecule has 104 valence electrons. The highest BCUT2D eigenvalue weighted by Gasteiger charge is 2.59. The second-order valence-corrected chi connectivity index (χ2v) is 2.92. The molecule has 0 amide bonds. The first-order chi connectivity index (χ1) is 7.16. The Balaban J connectivity index is 4.47. The van der Waals surface area contributed by atoms with Gasteiger partial charge in [0.25, 0.3) is 0 Å². The Bertz CT molecular complexity index is 251. The van der Waals surface area contributed by atoms with Crippen molar-refractivity contribution in [2.45, 2.75) is 30.8 Å². The minimum Gasteiger partial charge on any atom is -0.313 e.